The van der Waals surface area contributed by atoms with E-state index in [0.717, 1.165) is 23.3 Å². The van der Waals surface area contributed by atoms with Crippen LogP contribution < -0.4 is 10.1 Å². The number of benzene rings is 1. The maximum Gasteiger partial charge on any atom is 0.260 e. The third-order valence-corrected chi connectivity index (χ3v) is 2.70. The number of methoxy groups -OCH3 is 1. The Balaban J connectivity index is 2.44. The highest BCUT2D eigenvalue weighted by Gasteiger charge is 2.14. The van der Waals surface area contributed by atoms with E-state index >= 15 is 0 Å². The van der Waals surface area contributed by atoms with Crippen LogP contribution in [0.4, 0.5) is 0 Å². The van der Waals surface area contributed by atoms with Gasteiger partial charge in [0.1, 0.15) is 5.75 Å². The number of hydrogen-bond donors (Lipinski definition) is 1. The normalized spacial score (nSPS) is 12.0. The van der Waals surface area contributed by atoms with Crippen LogP contribution in [0.3, 0.4) is 0 Å². The number of aryl methyl sites for hydroxylation is 2. The van der Waals surface area contributed by atoms with Crippen molar-refractivity contribution in [2.45, 2.75) is 33.3 Å². The van der Waals surface area contributed by atoms with Gasteiger partial charge in [0, 0.05) is 20.3 Å². The van der Waals surface area contributed by atoms with Crippen LogP contribution in [0.2, 0.25) is 0 Å². The molecule has 1 rings (SSSR count). The fraction of sp³-hybridized carbons (Fsp3) is 0.533. The lowest BCUT2D eigenvalue weighted by Gasteiger charge is -2.15. The quantitative estimate of drug-likeness (QED) is 0.769. The summed E-state index contributed by atoms with van der Waals surface area (Å²) in [7, 11) is 1.65. The Morgan fingerprint density at radius 2 is 1.89 bits per heavy atom. The molecule has 1 atom stereocenters. The lowest BCUT2D eigenvalue weighted by Crippen LogP contribution is -2.37. The average molecular weight is 265 g/mol. The minimum Gasteiger partial charge on any atom is -0.481 e. The number of carbonyl (C=O) groups is 1. The van der Waals surface area contributed by atoms with Gasteiger partial charge >= 0.3 is 0 Å². The van der Waals surface area contributed by atoms with Gasteiger partial charge in [0.2, 0.25) is 0 Å². The summed E-state index contributed by atoms with van der Waals surface area (Å²) in [5.74, 6) is 0.632. The molecule has 0 heterocycles. The largest absolute Gasteiger partial charge is 0.481 e. The van der Waals surface area contributed by atoms with E-state index in [1.165, 1.54) is 0 Å². The summed E-state index contributed by atoms with van der Waals surface area (Å²) in [6, 6.07) is 5.94. The zero-order chi connectivity index (χ0) is 14.3. The van der Waals surface area contributed by atoms with E-state index in [1.54, 1.807) is 14.0 Å². The van der Waals surface area contributed by atoms with Gasteiger partial charge < -0.3 is 14.8 Å². The highest BCUT2D eigenvalue weighted by molar-refractivity contribution is 5.80. The zero-order valence-electron chi connectivity index (χ0n) is 12.2. The SMILES string of the molecule is COCCCNC(=O)[C@@H](C)Oc1cc(C)cc(C)c1. The van der Waals surface area contributed by atoms with E-state index in [2.05, 4.69) is 11.4 Å². The van der Waals surface area contributed by atoms with Crippen LogP contribution in [0.25, 0.3) is 0 Å². The molecule has 0 spiro atoms. The van der Waals surface area contributed by atoms with Gasteiger partial charge in [-0.3, -0.25) is 4.79 Å². The highest BCUT2D eigenvalue weighted by atomic mass is 16.5. The molecule has 0 saturated carbocycles. The second kappa shape index (κ2) is 7.79. The summed E-state index contributed by atoms with van der Waals surface area (Å²) in [6.45, 7) is 7.02. The fourth-order valence-electron chi connectivity index (χ4n) is 1.83. The molecule has 0 fully saturated rings. The lowest BCUT2D eigenvalue weighted by molar-refractivity contribution is -0.127. The van der Waals surface area contributed by atoms with Crippen LogP contribution in [0.1, 0.15) is 24.5 Å². The van der Waals surface area contributed by atoms with Crippen molar-refractivity contribution >= 4 is 5.91 Å². The van der Waals surface area contributed by atoms with E-state index in [-0.39, 0.29) is 5.91 Å². The molecule has 19 heavy (non-hydrogen) atoms. The summed E-state index contributed by atoms with van der Waals surface area (Å²) in [4.78, 5) is 11.8. The number of amides is 1. The Kier molecular flexibility index (Phi) is 6.36. The molecule has 0 aliphatic rings. The minimum absolute atomic E-state index is 0.102. The fourth-order valence-corrected chi connectivity index (χ4v) is 1.83. The third kappa shape index (κ3) is 5.75. The summed E-state index contributed by atoms with van der Waals surface area (Å²) in [5, 5.41) is 2.82. The van der Waals surface area contributed by atoms with Crippen LogP contribution in [-0.4, -0.2) is 32.3 Å². The molecule has 0 aliphatic carbocycles. The number of carbonyl (C=O) groups excluding carboxylic acids is 1. The molecule has 0 aromatic heterocycles. The molecule has 1 aromatic carbocycles. The number of ether oxygens (including phenoxy) is 2. The third-order valence-electron chi connectivity index (χ3n) is 2.70. The average Bonchev–Trinajstić information content (AvgIpc) is 2.33. The smallest absolute Gasteiger partial charge is 0.260 e. The van der Waals surface area contributed by atoms with Crippen LogP contribution >= 0.6 is 0 Å². The van der Waals surface area contributed by atoms with Crippen molar-refractivity contribution in [3.8, 4) is 5.75 Å². The molecular weight excluding hydrogens is 242 g/mol. The van der Waals surface area contributed by atoms with Crippen molar-refractivity contribution in [1.82, 2.24) is 5.32 Å². The maximum atomic E-state index is 11.8. The van der Waals surface area contributed by atoms with Crippen LogP contribution in [0, 0.1) is 13.8 Å². The van der Waals surface area contributed by atoms with Gasteiger partial charge in [-0.15, -0.1) is 0 Å². The van der Waals surface area contributed by atoms with Gasteiger partial charge in [0.25, 0.3) is 5.91 Å². The van der Waals surface area contributed by atoms with E-state index in [9.17, 15) is 4.79 Å². The molecule has 1 amide bonds. The molecule has 1 aromatic rings. The van der Waals surface area contributed by atoms with E-state index in [0.29, 0.717) is 13.2 Å². The highest BCUT2D eigenvalue weighted by Crippen LogP contribution is 2.17. The summed E-state index contributed by atoms with van der Waals surface area (Å²) in [6.07, 6.45) is 0.308. The molecule has 0 radical (unpaired) electrons. The van der Waals surface area contributed by atoms with Crippen molar-refractivity contribution in [2.75, 3.05) is 20.3 Å². The first-order valence-electron chi connectivity index (χ1n) is 6.54. The van der Waals surface area contributed by atoms with Gasteiger partial charge in [0.15, 0.2) is 6.10 Å². The predicted molar refractivity (Wildman–Crippen MR) is 75.5 cm³/mol. The molecule has 106 valence electrons. The summed E-state index contributed by atoms with van der Waals surface area (Å²) < 4.78 is 10.6. The van der Waals surface area contributed by atoms with Crippen LogP contribution in [0.5, 0.6) is 5.75 Å². The Morgan fingerprint density at radius 1 is 1.26 bits per heavy atom. The molecular formula is C15H23NO3. The van der Waals surface area contributed by atoms with Gasteiger partial charge in [-0.25, -0.2) is 0 Å². The zero-order valence-corrected chi connectivity index (χ0v) is 12.2. The van der Waals surface area contributed by atoms with Crippen molar-refractivity contribution in [3.05, 3.63) is 29.3 Å². The Morgan fingerprint density at radius 3 is 2.47 bits per heavy atom. The Hall–Kier alpha value is -1.55. The molecule has 4 nitrogen and oxygen atoms in total. The standard InChI is InChI=1S/C15H23NO3/c1-11-8-12(2)10-14(9-11)19-13(3)15(17)16-6-5-7-18-4/h8-10,13H,5-7H2,1-4H3,(H,16,17)/t13-/m1/s1. The summed E-state index contributed by atoms with van der Waals surface area (Å²) in [5.41, 5.74) is 2.26. The molecule has 0 saturated heterocycles. The van der Waals surface area contributed by atoms with Crippen molar-refractivity contribution in [1.29, 1.82) is 0 Å². The van der Waals surface area contributed by atoms with Crippen molar-refractivity contribution in [3.63, 3.8) is 0 Å². The van der Waals surface area contributed by atoms with Gasteiger partial charge in [0.05, 0.1) is 0 Å². The number of nitrogens with one attached hydrogen (secondary N) is 1. The van der Waals surface area contributed by atoms with Gasteiger partial charge in [-0.2, -0.15) is 0 Å². The number of hydrogen-bond acceptors (Lipinski definition) is 3. The molecule has 0 aliphatic heterocycles. The Labute approximate surface area is 115 Å². The molecule has 0 bridgehead atoms. The monoisotopic (exact) mass is 265 g/mol. The minimum atomic E-state index is -0.497. The van der Waals surface area contributed by atoms with Crippen molar-refractivity contribution in [2.24, 2.45) is 0 Å². The maximum absolute atomic E-state index is 11.8. The number of rotatable bonds is 7. The molecule has 1 N–H and O–H groups in total. The van der Waals surface area contributed by atoms with Gasteiger partial charge in [-0.05, 0) is 50.5 Å². The van der Waals surface area contributed by atoms with Gasteiger partial charge in [-0.1, -0.05) is 6.07 Å². The van der Waals surface area contributed by atoms with Crippen LogP contribution in [0.15, 0.2) is 18.2 Å². The van der Waals surface area contributed by atoms with Crippen molar-refractivity contribution < 1.29 is 14.3 Å². The second-order valence-corrected chi connectivity index (χ2v) is 4.72. The topological polar surface area (TPSA) is 47.6 Å². The van der Waals surface area contributed by atoms with E-state index in [4.69, 9.17) is 9.47 Å². The molecule has 0 unspecified atom stereocenters. The van der Waals surface area contributed by atoms with Crippen LogP contribution in [-0.2, 0) is 9.53 Å². The second-order valence-electron chi connectivity index (χ2n) is 4.72. The first-order chi connectivity index (χ1) is 9.02. The van der Waals surface area contributed by atoms with E-state index < -0.39 is 6.10 Å². The first kappa shape index (κ1) is 15.5. The first-order valence-corrected chi connectivity index (χ1v) is 6.54. The predicted octanol–water partition coefficient (Wildman–Crippen LogP) is 2.22. The lowest BCUT2D eigenvalue weighted by atomic mass is 10.1. The van der Waals surface area contributed by atoms with E-state index in [1.807, 2.05) is 26.0 Å². The molecule has 4 heteroatoms. The Bertz CT molecular complexity index is 398. The summed E-state index contributed by atoms with van der Waals surface area (Å²) >= 11 is 0.